The number of benzene rings is 3. The highest BCUT2D eigenvalue weighted by atomic mass is 19.1. The van der Waals surface area contributed by atoms with Gasteiger partial charge in [0.05, 0.1) is 25.8 Å². The Bertz CT molecular complexity index is 1820. The SMILES string of the molecule is COc1cc(C(=O)N2CC[C@@H]3Oc4ccc(c(OC)c4)CNC(=O)COc4cccc(c4)-c4ccc(F)c(c4)C(=O)N[C@@H]3C2)ccn1. The number of halogens is 1. The number of carbonyl (C=O) groups excluding carboxylic acids is 3. The van der Waals surface area contributed by atoms with E-state index in [0.717, 1.165) is 5.56 Å². The molecular formula is C35H33FN4O7. The van der Waals surface area contributed by atoms with Crippen molar-refractivity contribution in [3.63, 3.8) is 0 Å². The van der Waals surface area contributed by atoms with Gasteiger partial charge >= 0.3 is 0 Å². The average molecular weight is 641 g/mol. The molecule has 12 heteroatoms. The van der Waals surface area contributed by atoms with E-state index in [1.807, 2.05) is 0 Å². The predicted molar refractivity (Wildman–Crippen MR) is 169 cm³/mol. The van der Waals surface area contributed by atoms with Crippen LogP contribution in [-0.4, -0.2) is 73.7 Å². The van der Waals surface area contributed by atoms with Crippen molar-refractivity contribution in [3.05, 3.63) is 102 Å². The zero-order chi connectivity index (χ0) is 32.9. The minimum absolute atomic E-state index is 0.0990. The molecule has 11 nitrogen and oxygen atoms in total. The van der Waals surface area contributed by atoms with E-state index >= 15 is 4.39 Å². The van der Waals surface area contributed by atoms with Crippen LogP contribution < -0.4 is 29.6 Å². The van der Waals surface area contributed by atoms with Crippen molar-refractivity contribution in [2.45, 2.75) is 25.1 Å². The third kappa shape index (κ3) is 7.11. The Labute approximate surface area is 270 Å². The molecule has 2 atom stereocenters. The van der Waals surface area contributed by atoms with Crippen LogP contribution in [0.4, 0.5) is 4.39 Å². The Morgan fingerprint density at radius 2 is 1.83 bits per heavy atom. The van der Waals surface area contributed by atoms with Crippen molar-refractivity contribution in [2.75, 3.05) is 33.9 Å². The number of likely N-dealkylation sites (tertiary alicyclic amines) is 1. The molecule has 1 saturated heterocycles. The molecule has 4 aromatic rings. The van der Waals surface area contributed by atoms with E-state index in [9.17, 15) is 14.4 Å². The lowest BCUT2D eigenvalue weighted by atomic mass is 9.99. The third-order valence-electron chi connectivity index (χ3n) is 8.11. The maximum atomic E-state index is 15.2. The monoisotopic (exact) mass is 640 g/mol. The summed E-state index contributed by atoms with van der Waals surface area (Å²) in [6.07, 6.45) is 1.29. The molecule has 3 aliphatic rings. The highest BCUT2D eigenvalue weighted by Gasteiger charge is 2.35. The average Bonchev–Trinajstić information content (AvgIpc) is 3.10. The number of fused-ring (bicyclic) bond motifs is 7. The Morgan fingerprint density at radius 1 is 0.979 bits per heavy atom. The Morgan fingerprint density at radius 3 is 2.66 bits per heavy atom. The molecule has 4 heterocycles. The second-order valence-corrected chi connectivity index (χ2v) is 11.1. The summed E-state index contributed by atoms with van der Waals surface area (Å²) in [5, 5.41) is 5.78. The number of aromatic nitrogens is 1. The van der Waals surface area contributed by atoms with Gasteiger partial charge in [0.15, 0.2) is 6.61 Å². The largest absolute Gasteiger partial charge is 0.496 e. The van der Waals surface area contributed by atoms with Crippen LogP contribution in [0.15, 0.2) is 79.0 Å². The lowest BCUT2D eigenvalue weighted by Gasteiger charge is -2.39. The van der Waals surface area contributed by atoms with Gasteiger partial charge in [-0.1, -0.05) is 18.2 Å². The molecule has 242 valence electrons. The van der Waals surface area contributed by atoms with E-state index in [-0.39, 0.29) is 37.1 Å². The number of ether oxygens (including phenoxy) is 4. The molecule has 0 unspecified atom stereocenters. The van der Waals surface area contributed by atoms with Crippen LogP contribution in [0, 0.1) is 5.82 Å². The molecule has 0 saturated carbocycles. The summed E-state index contributed by atoms with van der Waals surface area (Å²) < 4.78 is 38.1. The van der Waals surface area contributed by atoms with Crippen LogP contribution >= 0.6 is 0 Å². The van der Waals surface area contributed by atoms with E-state index in [1.54, 1.807) is 65.6 Å². The fraction of sp³-hybridized carbons (Fsp3) is 0.257. The summed E-state index contributed by atoms with van der Waals surface area (Å²) in [5.41, 5.74) is 2.17. The second kappa shape index (κ2) is 13.8. The lowest BCUT2D eigenvalue weighted by Crippen LogP contribution is -2.58. The van der Waals surface area contributed by atoms with Crippen molar-refractivity contribution >= 4 is 17.7 Å². The number of rotatable bonds is 3. The van der Waals surface area contributed by atoms with E-state index in [2.05, 4.69) is 15.6 Å². The molecule has 2 N–H and O–H groups in total. The molecule has 3 aliphatic heterocycles. The summed E-state index contributed by atoms with van der Waals surface area (Å²) in [6, 6.07) is 18.9. The molecule has 0 radical (unpaired) electrons. The maximum Gasteiger partial charge on any atom is 0.258 e. The van der Waals surface area contributed by atoms with Crippen molar-refractivity contribution in [3.8, 4) is 34.3 Å². The van der Waals surface area contributed by atoms with Gasteiger partial charge in [-0.3, -0.25) is 14.4 Å². The Balaban J connectivity index is 1.35. The minimum atomic E-state index is -0.709. The lowest BCUT2D eigenvalue weighted by molar-refractivity contribution is -0.123. The summed E-state index contributed by atoms with van der Waals surface area (Å²) >= 11 is 0. The summed E-state index contributed by atoms with van der Waals surface area (Å²) in [6.45, 7) is 0.413. The van der Waals surface area contributed by atoms with Crippen LogP contribution in [0.5, 0.6) is 23.1 Å². The van der Waals surface area contributed by atoms with E-state index in [1.165, 1.54) is 32.5 Å². The fourth-order valence-electron chi connectivity index (χ4n) is 5.63. The summed E-state index contributed by atoms with van der Waals surface area (Å²) in [7, 11) is 2.99. The second-order valence-electron chi connectivity index (χ2n) is 11.1. The van der Waals surface area contributed by atoms with Gasteiger partial charge in [-0.2, -0.15) is 0 Å². The molecule has 47 heavy (non-hydrogen) atoms. The van der Waals surface area contributed by atoms with Crippen LogP contribution in [0.1, 0.15) is 32.7 Å². The highest BCUT2D eigenvalue weighted by molar-refractivity contribution is 5.97. The van der Waals surface area contributed by atoms with Crippen LogP contribution in [-0.2, 0) is 11.3 Å². The van der Waals surface area contributed by atoms with Gasteiger partial charge in [-0.05, 0) is 53.6 Å². The van der Waals surface area contributed by atoms with Crippen molar-refractivity contribution < 1.29 is 37.7 Å². The van der Waals surface area contributed by atoms with E-state index in [0.29, 0.717) is 52.8 Å². The molecule has 6 bridgehead atoms. The zero-order valence-electron chi connectivity index (χ0n) is 25.8. The van der Waals surface area contributed by atoms with Gasteiger partial charge in [0, 0.05) is 55.5 Å². The molecule has 3 amide bonds. The summed E-state index contributed by atoms with van der Waals surface area (Å²) in [4.78, 5) is 45.5. The topological polar surface area (TPSA) is 128 Å². The molecular weight excluding hydrogens is 607 g/mol. The maximum absolute atomic E-state index is 15.2. The first-order valence-corrected chi connectivity index (χ1v) is 15.0. The van der Waals surface area contributed by atoms with Crippen molar-refractivity contribution in [2.24, 2.45) is 0 Å². The van der Waals surface area contributed by atoms with Crippen molar-refractivity contribution in [1.29, 1.82) is 0 Å². The number of hydrogen-bond acceptors (Lipinski definition) is 8. The Hall–Kier alpha value is -5.65. The van der Waals surface area contributed by atoms with Gasteiger partial charge in [0.1, 0.15) is 29.2 Å². The number of amides is 3. The molecule has 1 aromatic heterocycles. The van der Waals surface area contributed by atoms with Crippen molar-refractivity contribution in [1.82, 2.24) is 20.5 Å². The van der Waals surface area contributed by atoms with Gasteiger partial charge in [-0.25, -0.2) is 9.37 Å². The smallest absolute Gasteiger partial charge is 0.258 e. The zero-order valence-corrected chi connectivity index (χ0v) is 25.8. The molecule has 1 fully saturated rings. The van der Waals surface area contributed by atoms with Crippen LogP contribution in [0.25, 0.3) is 11.1 Å². The predicted octanol–water partition coefficient (Wildman–Crippen LogP) is 4.01. The number of nitrogens with one attached hydrogen (secondary N) is 2. The van der Waals surface area contributed by atoms with Crippen LogP contribution in [0.3, 0.4) is 0 Å². The first-order chi connectivity index (χ1) is 22.8. The fourth-order valence-corrected chi connectivity index (χ4v) is 5.63. The highest BCUT2D eigenvalue weighted by Crippen LogP contribution is 2.29. The number of methoxy groups -OCH3 is 2. The van der Waals surface area contributed by atoms with Gasteiger partial charge in [0.2, 0.25) is 5.88 Å². The molecule has 7 rings (SSSR count). The number of nitrogens with zero attached hydrogens (tertiary/aromatic N) is 2. The third-order valence-corrected chi connectivity index (χ3v) is 8.11. The number of carbonyl (C=O) groups is 3. The number of hydrogen-bond donors (Lipinski definition) is 2. The molecule has 3 aromatic carbocycles. The van der Waals surface area contributed by atoms with Crippen LogP contribution in [0.2, 0.25) is 0 Å². The first-order valence-electron chi connectivity index (χ1n) is 15.0. The van der Waals surface area contributed by atoms with Gasteiger partial charge in [-0.15, -0.1) is 0 Å². The molecule has 0 aliphatic carbocycles. The Kier molecular flexibility index (Phi) is 9.18. The minimum Gasteiger partial charge on any atom is -0.496 e. The van der Waals surface area contributed by atoms with E-state index in [4.69, 9.17) is 18.9 Å². The quantitative estimate of drug-likeness (QED) is 0.344. The van der Waals surface area contributed by atoms with Gasteiger partial charge in [0.25, 0.3) is 17.7 Å². The van der Waals surface area contributed by atoms with Gasteiger partial charge < -0.3 is 34.5 Å². The summed E-state index contributed by atoms with van der Waals surface area (Å²) in [5.74, 6) is -0.279. The molecule has 0 spiro atoms. The number of pyridine rings is 1. The van der Waals surface area contributed by atoms with E-state index < -0.39 is 23.9 Å². The standard InChI is InChI=1S/C35H33FN4O7/c1-44-31-17-26-8-6-24(31)18-38-32(41)20-46-25-5-3-4-21(14-25)22-7-9-28(36)27(15-22)34(42)39-29-19-40(13-11-30(29)47-26)35(43)23-10-12-37-33(16-23)45-2/h3-10,12,14-17,29-30H,11,13,18-20H2,1-2H3,(H,38,41)(H,39,42)/t29-,30+/m1/s1. The number of piperidine rings is 1. The first kappa shape index (κ1) is 31.3. The normalized spacial score (nSPS) is 18.1.